The van der Waals surface area contributed by atoms with Gasteiger partial charge < -0.3 is 20.1 Å². The third kappa shape index (κ3) is 3.66. The van der Waals surface area contributed by atoms with Gasteiger partial charge in [-0.05, 0) is 49.4 Å². The molecule has 1 aromatic carbocycles. The van der Waals surface area contributed by atoms with E-state index in [2.05, 4.69) is 59.5 Å². The van der Waals surface area contributed by atoms with Crippen LogP contribution in [0.5, 0.6) is 0 Å². The fourth-order valence-corrected chi connectivity index (χ4v) is 6.08. The molecule has 3 aliphatic heterocycles. The number of allylic oxidation sites excluding steroid dienone is 4. The van der Waals surface area contributed by atoms with E-state index in [4.69, 9.17) is 9.47 Å². The van der Waals surface area contributed by atoms with Gasteiger partial charge in [0.25, 0.3) is 0 Å². The Morgan fingerprint density at radius 3 is 2.62 bits per heavy atom. The summed E-state index contributed by atoms with van der Waals surface area (Å²) >= 11 is 3.53. The number of fused-ring (bicyclic) bond motifs is 1. The maximum Gasteiger partial charge on any atom is 0.229 e. The van der Waals surface area contributed by atoms with Gasteiger partial charge in [0.2, 0.25) is 6.79 Å². The molecular weight excluding hydrogens is 468 g/mol. The van der Waals surface area contributed by atoms with Crippen molar-refractivity contribution in [2.24, 2.45) is 17.3 Å². The Labute approximate surface area is 198 Å². The van der Waals surface area contributed by atoms with E-state index in [1.807, 2.05) is 12.1 Å². The summed E-state index contributed by atoms with van der Waals surface area (Å²) in [7, 11) is 0. The molecule has 0 aromatic heterocycles. The van der Waals surface area contributed by atoms with Gasteiger partial charge in [0, 0.05) is 46.6 Å². The summed E-state index contributed by atoms with van der Waals surface area (Å²) in [6.07, 6.45) is 3.24. The first-order chi connectivity index (χ1) is 15.4. The number of hydrogen-bond acceptors (Lipinski definition) is 5. The number of ether oxygens (including phenoxy) is 2. The van der Waals surface area contributed by atoms with Gasteiger partial charge in [0.1, 0.15) is 12.0 Å². The minimum Gasteiger partial charge on any atom is -0.462 e. The fourth-order valence-electron chi connectivity index (χ4n) is 5.82. The standard InChI is InChI=1S/C26H31BrN2O3/c1-15-22(16-4-6-18(27)7-5-16)25(30)23(24-20-12-28-10-17(20)11-29-24)21(26(15,2)3)9-8-19-13-31-14-32-19/h4-7,13,17,20,24,28-29H,8-12,14H2,1-3H3. The number of carbonyl (C=O) groups excluding carboxylic acids is 1. The molecule has 0 amide bonds. The van der Waals surface area contributed by atoms with Crippen molar-refractivity contribution in [3.63, 3.8) is 0 Å². The highest BCUT2D eigenvalue weighted by Crippen LogP contribution is 2.50. The molecule has 0 radical (unpaired) electrons. The highest BCUT2D eigenvalue weighted by atomic mass is 79.9. The van der Waals surface area contributed by atoms with Crippen LogP contribution in [0.2, 0.25) is 0 Å². The second-order valence-corrected chi connectivity index (χ2v) is 10.8. The lowest BCUT2D eigenvalue weighted by molar-refractivity contribution is -0.111. The van der Waals surface area contributed by atoms with Gasteiger partial charge in [-0.2, -0.15) is 0 Å². The predicted octanol–water partition coefficient (Wildman–Crippen LogP) is 4.56. The fraction of sp³-hybridized carbons (Fsp3) is 0.500. The van der Waals surface area contributed by atoms with Gasteiger partial charge in [-0.3, -0.25) is 4.79 Å². The molecule has 0 spiro atoms. The molecule has 32 heavy (non-hydrogen) atoms. The first-order valence-electron chi connectivity index (χ1n) is 11.5. The number of benzene rings is 1. The van der Waals surface area contributed by atoms with Crippen LogP contribution in [0.3, 0.4) is 0 Å². The third-order valence-electron chi connectivity index (χ3n) is 7.88. The van der Waals surface area contributed by atoms with Crippen LogP contribution in [-0.4, -0.2) is 38.3 Å². The van der Waals surface area contributed by atoms with Crippen molar-refractivity contribution in [2.75, 3.05) is 26.4 Å². The Hall–Kier alpha value is -1.89. The van der Waals surface area contributed by atoms with Crippen molar-refractivity contribution in [3.8, 4) is 0 Å². The molecular formula is C26H31BrN2O3. The first kappa shape index (κ1) is 21.9. The molecule has 3 heterocycles. The van der Waals surface area contributed by atoms with Crippen LogP contribution in [-0.2, 0) is 14.3 Å². The lowest BCUT2D eigenvalue weighted by Crippen LogP contribution is -2.41. The van der Waals surface area contributed by atoms with Crippen LogP contribution >= 0.6 is 15.9 Å². The molecule has 3 atom stereocenters. The van der Waals surface area contributed by atoms with Crippen LogP contribution in [0.4, 0.5) is 0 Å². The Morgan fingerprint density at radius 2 is 1.91 bits per heavy atom. The average Bonchev–Trinajstić information content (AvgIpc) is 3.50. The molecule has 2 fully saturated rings. The number of rotatable bonds is 5. The van der Waals surface area contributed by atoms with Crippen molar-refractivity contribution in [1.29, 1.82) is 0 Å². The zero-order chi connectivity index (χ0) is 22.5. The monoisotopic (exact) mass is 498 g/mol. The molecule has 2 saturated heterocycles. The molecule has 1 aromatic rings. The lowest BCUT2D eigenvalue weighted by Gasteiger charge is -2.40. The molecule has 170 valence electrons. The van der Waals surface area contributed by atoms with Crippen molar-refractivity contribution < 1.29 is 14.3 Å². The Balaban J connectivity index is 1.59. The third-order valence-corrected chi connectivity index (χ3v) is 8.41. The molecule has 5 nitrogen and oxygen atoms in total. The molecule has 6 heteroatoms. The van der Waals surface area contributed by atoms with Crippen molar-refractivity contribution in [1.82, 2.24) is 10.6 Å². The molecule has 1 aliphatic carbocycles. The number of nitrogens with one attached hydrogen (secondary N) is 2. The average molecular weight is 499 g/mol. The molecule has 4 aliphatic rings. The number of hydrogen-bond donors (Lipinski definition) is 2. The number of ketones is 1. The lowest BCUT2D eigenvalue weighted by atomic mass is 9.64. The van der Waals surface area contributed by atoms with Crippen LogP contribution < -0.4 is 10.6 Å². The first-order valence-corrected chi connectivity index (χ1v) is 12.3. The topological polar surface area (TPSA) is 59.6 Å². The van der Waals surface area contributed by atoms with Crippen molar-refractivity contribution >= 4 is 27.3 Å². The van der Waals surface area contributed by atoms with E-state index in [1.54, 1.807) is 6.26 Å². The maximum atomic E-state index is 14.2. The van der Waals surface area contributed by atoms with Crippen LogP contribution in [0.1, 0.15) is 39.2 Å². The maximum absolute atomic E-state index is 14.2. The summed E-state index contributed by atoms with van der Waals surface area (Å²) in [5, 5.41) is 7.27. The van der Waals surface area contributed by atoms with Gasteiger partial charge in [-0.1, -0.05) is 53.1 Å². The largest absolute Gasteiger partial charge is 0.462 e. The van der Waals surface area contributed by atoms with E-state index in [0.29, 0.717) is 11.8 Å². The van der Waals surface area contributed by atoms with Gasteiger partial charge in [0.05, 0.1) is 0 Å². The van der Waals surface area contributed by atoms with Crippen LogP contribution in [0.15, 0.2) is 57.5 Å². The second-order valence-electron chi connectivity index (χ2n) is 9.83. The second kappa shape index (κ2) is 8.47. The molecule has 2 N–H and O–H groups in total. The minimum atomic E-state index is -0.225. The number of halogens is 1. The quantitative estimate of drug-likeness (QED) is 0.622. The predicted molar refractivity (Wildman–Crippen MR) is 129 cm³/mol. The summed E-state index contributed by atoms with van der Waals surface area (Å²) in [6, 6.07) is 8.23. The van der Waals surface area contributed by atoms with Crippen LogP contribution in [0.25, 0.3) is 5.57 Å². The van der Waals surface area contributed by atoms with E-state index in [1.165, 1.54) is 5.57 Å². The summed E-state index contributed by atoms with van der Waals surface area (Å²) in [5.41, 5.74) is 4.99. The summed E-state index contributed by atoms with van der Waals surface area (Å²) in [4.78, 5) is 14.2. The smallest absolute Gasteiger partial charge is 0.229 e. The number of carbonyl (C=O) groups is 1. The minimum absolute atomic E-state index is 0.0880. The SMILES string of the molecule is CC1=C(c2ccc(Br)cc2)C(=O)C(C2NCC3CNCC32)=C(CCC2=COCO2)C1(C)C. The molecule has 0 saturated carbocycles. The highest BCUT2D eigenvalue weighted by molar-refractivity contribution is 9.10. The van der Waals surface area contributed by atoms with Gasteiger partial charge in [-0.15, -0.1) is 0 Å². The van der Waals surface area contributed by atoms with E-state index in [9.17, 15) is 4.79 Å². The Bertz CT molecular complexity index is 1020. The van der Waals surface area contributed by atoms with E-state index < -0.39 is 0 Å². The van der Waals surface area contributed by atoms with Crippen molar-refractivity contribution in [2.45, 2.75) is 39.7 Å². The Morgan fingerprint density at radius 1 is 1.12 bits per heavy atom. The van der Waals surface area contributed by atoms with Gasteiger partial charge in [-0.25, -0.2) is 0 Å². The summed E-state index contributed by atoms with van der Waals surface area (Å²) in [6.45, 7) is 9.90. The molecule has 0 bridgehead atoms. The van der Waals surface area contributed by atoms with Gasteiger partial charge >= 0.3 is 0 Å². The summed E-state index contributed by atoms with van der Waals surface area (Å²) in [5.74, 6) is 2.08. The van der Waals surface area contributed by atoms with E-state index >= 15 is 0 Å². The van der Waals surface area contributed by atoms with Crippen molar-refractivity contribution in [3.05, 3.63) is 63.0 Å². The molecule has 5 rings (SSSR count). The normalized spacial score (nSPS) is 29.2. The highest BCUT2D eigenvalue weighted by Gasteiger charge is 2.47. The zero-order valence-corrected chi connectivity index (χ0v) is 20.6. The number of Topliss-reactive ketones (excluding diaryl/α,β-unsaturated/α-hetero) is 1. The van der Waals surface area contributed by atoms with Crippen LogP contribution in [0, 0.1) is 17.3 Å². The Kier molecular flexibility index (Phi) is 5.81. The van der Waals surface area contributed by atoms with E-state index in [-0.39, 0.29) is 24.0 Å². The molecule has 3 unspecified atom stereocenters. The van der Waals surface area contributed by atoms with E-state index in [0.717, 1.165) is 65.0 Å². The zero-order valence-electron chi connectivity index (χ0n) is 19.0. The van der Waals surface area contributed by atoms with Gasteiger partial charge in [0.15, 0.2) is 5.78 Å². The summed E-state index contributed by atoms with van der Waals surface area (Å²) < 4.78 is 11.9.